The molecule has 0 saturated heterocycles. The van der Waals surface area contributed by atoms with Gasteiger partial charge in [-0.3, -0.25) is 0 Å². The standard InChI is InChI=1S/2C5H5.C2H4.2CH3O.Hf/c2*1-2-4-5-3-1;3*1-2;/h2*1-5H;1H,2H3;2*1H3;/q2*-1;;2*-1;+2. The number of rotatable bonds is 0. The Hall–Kier alpha value is -0.640. The zero-order valence-electron chi connectivity index (χ0n) is 10.7. The normalized spacial score (nSPS) is 6.29. The van der Waals surface area contributed by atoms with Crippen molar-refractivity contribution in [3.8, 4) is 0 Å². The Balaban J connectivity index is -0.000000155. The largest absolute Gasteiger partial charge is 0.857 e. The first-order chi connectivity index (χ1) is 8.41. The van der Waals surface area contributed by atoms with Crippen molar-refractivity contribution < 1.29 is 34.1 Å². The average molecular weight is 399 g/mol. The third-order valence-electron chi connectivity index (χ3n) is 1.11. The quantitative estimate of drug-likeness (QED) is 0.493. The number of hydrogen-bond acceptors (Lipinski definition) is 2. The van der Waals surface area contributed by atoms with E-state index in [1.165, 1.54) is 23.9 Å². The van der Waals surface area contributed by atoms with Crippen LogP contribution in [0.1, 0.15) is 6.92 Å². The van der Waals surface area contributed by atoms with Crippen LogP contribution >= 0.6 is 0 Å². The summed E-state index contributed by atoms with van der Waals surface area (Å²) in [5, 5.41) is 16.5. The summed E-state index contributed by atoms with van der Waals surface area (Å²) in [6, 6.07) is 20.0. The van der Waals surface area contributed by atoms with E-state index >= 15 is 0 Å². The molecule has 0 bridgehead atoms. The van der Waals surface area contributed by atoms with Crippen molar-refractivity contribution in [2.24, 2.45) is 0 Å². The second-order valence-corrected chi connectivity index (χ2v) is 4.29. The molecule has 17 heavy (non-hydrogen) atoms. The van der Waals surface area contributed by atoms with Crippen molar-refractivity contribution in [1.82, 2.24) is 0 Å². The van der Waals surface area contributed by atoms with Gasteiger partial charge in [-0.15, -0.1) is 0 Å². The van der Waals surface area contributed by atoms with Gasteiger partial charge in [-0.05, 0) is 0 Å². The van der Waals surface area contributed by atoms with Crippen LogP contribution in [0.3, 0.4) is 0 Å². The second-order valence-electron chi connectivity index (χ2n) is 2.21. The zero-order chi connectivity index (χ0) is 13.8. The van der Waals surface area contributed by atoms with Gasteiger partial charge in [-0.2, -0.15) is 50.6 Å². The minimum absolute atomic E-state index is 0.750. The molecule has 3 heteroatoms. The van der Waals surface area contributed by atoms with Crippen molar-refractivity contribution >= 4 is 3.76 Å². The van der Waals surface area contributed by atoms with Crippen LogP contribution in [0.4, 0.5) is 0 Å². The maximum Gasteiger partial charge on any atom is -0.153 e. The summed E-state index contributed by atoms with van der Waals surface area (Å²) in [5.74, 6) is 0. The predicted molar refractivity (Wildman–Crippen MR) is 67.7 cm³/mol. The van der Waals surface area contributed by atoms with Crippen LogP contribution in [0, 0.1) is 0 Å². The molecule has 0 saturated carbocycles. The van der Waals surface area contributed by atoms with Crippen molar-refractivity contribution in [3.63, 3.8) is 0 Å². The van der Waals surface area contributed by atoms with Crippen molar-refractivity contribution in [2.45, 2.75) is 6.92 Å². The first-order valence-corrected chi connectivity index (χ1v) is 7.09. The van der Waals surface area contributed by atoms with Crippen LogP contribution in [-0.2, 0) is 23.9 Å². The van der Waals surface area contributed by atoms with Crippen LogP contribution in [-0.4, -0.2) is 18.0 Å². The molecule has 0 aliphatic heterocycles. The maximum atomic E-state index is 8.25. The Kier molecular flexibility index (Phi) is 37.5. The molecular weight excluding hydrogens is 379 g/mol. The minimum Gasteiger partial charge on any atom is -0.857 e. The second kappa shape index (κ2) is 29.5. The molecule has 0 N–H and O–H groups in total. The topological polar surface area (TPSA) is 46.1 Å². The third kappa shape index (κ3) is 31.3. The van der Waals surface area contributed by atoms with Crippen LogP contribution < -0.4 is 10.2 Å². The molecule has 0 heterocycles. The molecule has 94 valence electrons. The SMILES string of the molecule is C[CH]=[Hf+2].C[O-].C[O-].c1cc[cH-]c1.c1cc[cH-]c1. The Morgan fingerprint density at radius 3 is 1.00 bits per heavy atom. The van der Waals surface area contributed by atoms with E-state index in [1.807, 2.05) is 60.7 Å². The Labute approximate surface area is 119 Å². The minimum atomic E-state index is 0.750. The molecule has 2 aromatic rings. The van der Waals surface area contributed by atoms with Gasteiger partial charge < -0.3 is 10.2 Å². The summed E-state index contributed by atoms with van der Waals surface area (Å²) in [5.41, 5.74) is 0. The molecular formula is C14H20HfO2-2. The Morgan fingerprint density at radius 2 is 0.941 bits per heavy atom. The molecule has 0 spiro atoms. The molecule has 0 unspecified atom stereocenters. The maximum absolute atomic E-state index is 8.25. The summed E-state index contributed by atoms with van der Waals surface area (Å²) in [7, 11) is 1.50. The van der Waals surface area contributed by atoms with Gasteiger partial charge in [0.15, 0.2) is 0 Å². The van der Waals surface area contributed by atoms with Crippen molar-refractivity contribution in [3.05, 3.63) is 60.7 Å². The van der Waals surface area contributed by atoms with Crippen molar-refractivity contribution in [1.29, 1.82) is 0 Å². The summed E-state index contributed by atoms with van der Waals surface area (Å²) in [6.07, 6.45) is 0. The molecule has 0 atom stereocenters. The molecule has 0 aliphatic carbocycles. The van der Waals surface area contributed by atoms with E-state index in [0.717, 1.165) is 14.2 Å². The first kappa shape index (κ1) is 21.6. The van der Waals surface area contributed by atoms with Crippen LogP contribution in [0.15, 0.2) is 60.7 Å². The Morgan fingerprint density at radius 1 is 0.765 bits per heavy atom. The zero-order valence-corrected chi connectivity index (χ0v) is 14.3. The summed E-state index contributed by atoms with van der Waals surface area (Å²) in [6.45, 7) is 2.06. The van der Waals surface area contributed by atoms with Crippen LogP contribution in [0.5, 0.6) is 0 Å². The predicted octanol–water partition coefficient (Wildman–Crippen LogP) is 1.12. The molecule has 0 aromatic heterocycles. The molecule has 0 amide bonds. The Bertz CT molecular complexity index is 189. The van der Waals surface area contributed by atoms with Gasteiger partial charge >= 0.3 is 34.6 Å². The summed E-state index contributed by atoms with van der Waals surface area (Å²) in [4.78, 5) is 0. The van der Waals surface area contributed by atoms with Gasteiger partial charge in [-0.1, -0.05) is 0 Å². The summed E-state index contributed by atoms with van der Waals surface area (Å²) >= 11 is 1.24. The van der Waals surface area contributed by atoms with Gasteiger partial charge in [0.05, 0.1) is 0 Å². The molecule has 0 fully saturated rings. The summed E-state index contributed by atoms with van der Waals surface area (Å²) < 4.78 is 2.14. The fourth-order valence-electron chi connectivity index (χ4n) is 0.642. The van der Waals surface area contributed by atoms with Gasteiger partial charge in [0.2, 0.25) is 0 Å². The van der Waals surface area contributed by atoms with E-state index in [9.17, 15) is 0 Å². The van der Waals surface area contributed by atoms with Gasteiger partial charge in [0.25, 0.3) is 0 Å². The first-order valence-electron chi connectivity index (χ1n) is 5.02. The van der Waals surface area contributed by atoms with Gasteiger partial charge in [-0.25, -0.2) is 24.3 Å². The monoisotopic (exact) mass is 400 g/mol. The molecule has 2 nitrogen and oxygen atoms in total. The van der Waals surface area contributed by atoms with Crippen LogP contribution in [0.2, 0.25) is 0 Å². The fourth-order valence-corrected chi connectivity index (χ4v) is 0.642. The van der Waals surface area contributed by atoms with Gasteiger partial charge in [0, 0.05) is 0 Å². The molecule has 0 aliphatic rings. The molecule has 2 rings (SSSR count). The van der Waals surface area contributed by atoms with Crippen LogP contribution in [0.25, 0.3) is 0 Å². The van der Waals surface area contributed by atoms with E-state index in [4.69, 9.17) is 10.2 Å². The van der Waals surface area contributed by atoms with E-state index in [0.29, 0.717) is 0 Å². The third-order valence-corrected chi connectivity index (χ3v) is 1.11. The molecule has 2 aromatic carbocycles. The van der Waals surface area contributed by atoms with E-state index in [1.54, 1.807) is 0 Å². The van der Waals surface area contributed by atoms with E-state index in [2.05, 4.69) is 10.7 Å². The van der Waals surface area contributed by atoms with Gasteiger partial charge in [0.1, 0.15) is 0 Å². The van der Waals surface area contributed by atoms with E-state index in [-0.39, 0.29) is 0 Å². The molecule has 0 radical (unpaired) electrons. The number of hydrogen-bond donors (Lipinski definition) is 0. The van der Waals surface area contributed by atoms with E-state index < -0.39 is 0 Å². The van der Waals surface area contributed by atoms with Crippen molar-refractivity contribution in [2.75, 3.05) is 14.2 Å². The smallest absolute Gasteiger partial charge is 0.153 e. The average Bonchev–Trinajstić information content (AvgIpc) is 3.13. The fraction of sp³-hybridized carbons (Fsp3) is 0.214.